The molecule has 2 fully saturated rings. The first-order chi connectivity index (χ1) is 21.3. The van der Waals surface area contributed by atoms with Crippen LogP contribution in [0.5, 0.6) is 0 Å². The van der Waals surface area contributed by atoms with Gasteiger partial charge in [-0.3, -0.25) is 0 Å². The Morgan fingerprint density at radius 3 is 2.56 bits per heavy atom. The van der Waals surface area contributed by atoms with E-state index in [2.05, 4.69) is 29.4 Å². The summed E-state index contributed by atoms with van der Waals surface area (Å²) < 4.78 is 30.6. The number of aromatic nitrogens is 1. The van der Waals surface area contributed by atoms with Crippen molar-refractivity contribution in [3.05, 3.63) is 47.8 Å². The summed E-state index contributed by atoms with van der Waals surface area (Å²) in [5.41, 5.74) is -0.161. The molecule has 1 saturated carbocycles. The van der Waals surface area contributed by atoms with E-state index in [1.807, 2.05) is 26.8 Å². The number of H-pyrrole nitrogens is 1. The molecule has 2 bridgehead atoms. The number of ether oxygens (including phenoxy) is 5. The van der Waals surface area contributed by atoms with Gasteiger partial charge >= 0.3 is 18.0 Å². The van der Waals surface area contributed by atoms with Gasteiger partial charge in [-0.05, 0) is 64.2 Å². The molecule has 248 valence electrons. The third kappa shape index (κ3) is 6.71. The van der Waals surface area contributed by atoms with Crippen molar-refractivity contribution in [1.29, 1.82) is 0 Å². The first-order valence-corrected chi connectivity index (χ1v) is 16.1. The van der Waals surface area contributed by atoms with Crippen molar-refractivity contribution in [2.45, 2.75) is 115 Å². The van der Waals surface area contributed by atoms with Crippen LogP contribution in [0.15, 0.2) is 42.1 Å². The Kier molecular flexibility index (Phi) is 9.54. The van der Waals surface area contributed by atoms with Gasteiger partial charge in [0.25, 0.3) is 0 Å². The van der Waals surface area contributed by atoms with E-state index in [0.29, 0.717) is 12.1 Å². The number of aliphatic hydroxyl groups is 1. The van der Waals surface area contributed by atoms with E-state index < -0.39 is 71.6 Å². The van der Waals surface area contributed by atoms with Crippen molar-refractivity contribution in [1.82, 2.24) is 10.3 Å². The molecule has 2 aliphatic heterocycles. The largest absolute Gasteiger partial charge is 0.456 e. The number of aliphatic hydroxyl groups excluding tert-OH is 1. The molecule has 0 radical (unpaired) electrons. The van der Waals surface area contributed by atoms with Crippen LogP contribution in [0.3, 0.4) is 0 Å². The lowest BCUT2D eigenvalue weighted by molar-refractivity contribution is -0.172. The Morgan fingerprint density at radius 2 is 1.93 bits per heavy atom. The van der Waals surface area contributed by atoms with E-state index in [9.17, 15) is 19.5 Å². The molecule has 1 spiro atoms. The Bertz CT molecular complexity index is 1300. The van der Waals surface area contributed by atoms with Crippen LogP contribution in [-0.4, -0.2) is 83.5 Å². The van der Waals surface area contributed by atoms with Gasteiger partial charge in [0, 0.05) is 42.5 Å². The Balaban J connectivity index is 1.49. The third-order valence-electron chi connectivity index (χ3n) is 10.2. The predicted octanol–water partition coefficient (Wildman–Crippen LogP) is 4.47. The molecule has 11 nitrogen and oxygen atoms in total. The summed E-state index contributed by atoms with van der Waals surface area (Å²) in [7, 11) is 1.48. The highest BCUT2D eigenvalue weighted by Gasteiger charge is 2.62. The van der Waals surface area contributed by atoms with Crippen LogP contribution < -0.4 is 5.32 Å². The average Bonchev–Trinajstić information content (AvgIpc) is 3.53. The molecule has 0 unspecified atom stereocenters. The molecule has 3 heterocycles. The van der Waals surface area contributed by atoms with Gasteiger partial charge in [-0.1, -0.05) is 39.0 Å². The molecular formula is C34H48N2O9. The summed E-state index contributed by atoms with van der Waals surface area (Å²) in [6, 6.07) is 3.50. The van der Waals surface area contributed by atoms with Crippen molar-refractivity contribution in [3.8, 4) is 0 Å². The quantitative estimate of drug-likeness (QED) is 0.205. The van der Waals surface area contributed by atoms with Gasteiger partial charge in [0.05, 0.1) is 11.7 Å². The monoisotopic (exact) mass is 628 g/mol. The summed E-state index contributed by atoms with van der Waals surface area (Å²) in [6.45, 7) is 11.3. The summed E-state index contributed by atoms with van der Waals surface area (Å²) in [5.74, 6) is -2.11. The zero-order chi connectivity index (χ0) is 32.7. The normalized spacial score (nSPS) is 36.8. The van der Waals surface area contributed by atoms with E-state index >= 15 is 0 Å². The van der Waals surface area contributed by atoms with Crippen LogP contribution in [-0.2, 0) is 28.5 Å². The maximum Gasteiger partial charge on any atom is 0.407 e. The first-order valence-electron chi connectivity index (χ1n) is 16.1. The molecule has 45 heavy (non-hydrogen) atoms. The van der Waals surface area contributed by atoms with Gasteiger partial charge < -0.3 is 39.1 Å². The lowest BCUT2D eigenvalue weighted by atomic mass is 9.64. The molecule has 5 rings (SSSR count). The van der Waals surface area contributed by atoms with E-state index in [1.54, 1.807) is 32.2 Å². The van der Waals surface area contributed by atoms with Gasteiger partial charge in [0.2, 0.25) is 0 Å². The first kappa shape index (κ1) is 33.2. The lowest BCUT2D eigenvalue weighted by Crippen LogP contribution is -2.48. The van der Waals surface area contributed by atoms with E-state index in [-0.39, 0.29) is 24.3 Å². The Hall–Kier alpha value is -3.15. The van der Waals surface area contributed by atoms with Crippen LogP contribution in [0.4, 0.5) is 4.79 Å². The van der Waals surface area contributed by atoms with E-state index in [0.717, 1.165) is 18.4 Å². The fourth-order valence-electron chi connectivity index (χ4n) is 7.19. The number of carbonyl (C=O) groups excluding carboxylic acids is 3. The van der Waals surface area contributed by atoms with Gasteiger partial charge in [-0.25, -0.2) is 14.4 Å². The molecule has 2 aliphatic carbocycles. The van der Waals surface area contributed by atoms with E-state index in [4.69, 9.17) is 23.7 Å². The average molecular weight is 629 g/mol. The third-order valence-corrected chi connectivity index (χ3v) is 10.2. The molecule has 1 aromatic rings. The van der Waals surface area contributed by atoms with Crippen LogP contribution in [0.25, 0.3) is 0 Å². The van der Waals surface area contributed by atoms with Gasteiger partial charge in [-0.15, -0.1) is 0 Å². The zero-order valence-corrected chi connectivity index (χ0v) is 27.3. The smallest absolute Gasteiger partial charge is 0.407 e. The highest BCUT2D eigenvalue weighted by Crippen LogP contribution is 2.58. The predicted molar refractivity (Wildman–Crippen MR) is 164 cm³/mol. The molecule has 1 aromatic heterocycles. The minimum atomic E-state index is -0.894. The summed E-state index contributed by atoms with van der Waals surface area (Å²) in [4.78, 5) is 42.1. The number of esters is 2. The number of hydrogen-bond acceptors (Lipinski definition) is 9. The minimum absolute atomic E-state index is 0.133. The summed E-state index contributed by atoms with van der Waals surface area (Å²) in [5, 5.41) is 13.5. The van der Waals surface area contributed by atoms with Crippen LogP contribution >= 0.6 is 0 Å². The highest BCUT2D eigenvalue weighted by atomic mass is 16.6. The maximum atomic E-state index is 13.5. The van der Waals surface area contributed by atoms with Gasteiger partial charge in [-0.2, -0.15) is 0 Å². The molecule has 1 amide bonds. The topological polar surface area (TPSA) is 145 Å². The van der Waals surface area contributed by atoms with E-state index in [1.165, 1.54) is 7.11 Å². The fourth-order valence-corrected chi connectivity index (χ4v) is 7.19. The van der Waals surface area contributed by atoms with Crippen LogP contribution in [0.2, 0.25) is 0 Å². The number of alkyl carbamates (subject to hydrolysis) is 1. The molecule has 4 aliphatic rings. The highest BCUT2D eigenvalue weighted by molar-refractivity contribution is 5.87. The maximum absolute atomic E-state index is 13.5. The second kappa shape index (κ2) is 12.9. The van der Waals surface area contributed by atoms with Crippen molar-refractivity contribution in [2.75, 3.05) is 7.11 Å². The van der Waals surface area contributed by atoms with Crippen molar-refractivity contribution in [2.24, 2.45) is 23.2 Å². The molecule has 11 heteroatoms. The zero-order valence-electron chi connectivity index (χ0n) is 27.3. The van der Waals surface area contributed by atoms with Crippen LogP contribution in [0.1, 0.15) is 77.7 Å². The van der Waals surface area contributed by atoms with Crippen LogP contribution in [0, 0.1) is 23.2 Å². The molecular weight excluding hydrogens is 580 g/mol. The number of fused-ring (bicyclic) bond motifs is 1. The van der Waals surface area contributed by atoms with Gasteiger partial charge in [0.15, 0.2) is 6.10 Å². The number of hydrogen-bond donors (Lipinski definition) is 3. The van der Waals surface area contributed by atoms with Crippen molar-refractivity contribution >= 4 is 18.0 Å². The minimum Gasteiger partial charge on any atom is -0.456 e. The molecule has 11 atom stereocenters. The van der Waals surface area contributed by atoms with Gasteiger partial charge in [0.1, 0.15) is 30.1 Å². The number of methoxy groups -OCH3 is 1. The number of cyclic esters (lactones) is 1. The summed E-state index contributed by atoms with van der Waals surface area (Å²) >= 11 is 0. The molecule has 3 N–H and O–H groups in total. The SMILES string of the molecule is CO[C@H]1C[C@H]2C=C[C@]3(C)C[C@]2(O[C@H]3[C@H](OC(=O)c2ccc[nH]2)[C@H](C)[C@H](C)O)/C(C)=C/[C@@H](C)[C@@H]([C@@H](C)OC(=O)NC2CC2)OC1=O. The molecule has 1 saturated heterocycles. The van der Waals surface area contributed by atoms with Crippen molar-refractivity contribution < 1.29 is 43.2 Å². The number of rotatable bonds is 9. The Morgan fingerprint density at radius 1 is 1.20 bits per heavy atom. The number of aromatic amines is 1. The Labute approximate surface area is 265 Å². The fraction of sp³-hybridized carbons (Fsp3) is 0.676. The molecule has 0 aromatic carbocycles. The second-order valence-electron chi connectivity index (χ2n) is 13.7. The van der Waals surface area contributed by atoms with Crippen molar-refractivity contribution in [3.63, 3.8) is 0 Å². The number of nitrogens with one attached hydrogen (secondary N) is 2. The second-order valence-corrected chi connectivity index (χ2v) is 13.7. The number of carbonyl (C=O) groups is 3. The number of amides is 1. The lowest BCUT2D eigenvalue weighted by Gasteiger charge is -2.42. The summed E-state index contributed by atoms with van der Waals surface area (Å²) in [6.07, 6.45) is 5.50. The standard InChI is InChI=1S/C34H48N2O9/c1-18-15-19(2)34-17-33(6,29(45-34)28(20(3)21(4)37)44-30(38)25-9-8-14-35-25)13-12-23(34)16-26(41-7)31(39)43-27(18)22(5)42-32(40)36-24-10-11-24/h8-9,12-15,18,20-24,26-29,35,37H,10-11,16-17H2,1-7H3,(H,36,40)/b19-15+/t18-,20-,21+,22-,23-,26+,27+,28-,29+,33-,34+/m1/s1.